The molecule has 0 bridgehead atoms. The van der Waals surface area contributed by atoms with E-state index in [-0.39, 0.29) is 17.7 Å². The normalized spacial score (nSPS) is 18.4. The molecule has 0 spiro atoms. The number of anilines is 1. The minimum atomic E-state index is -0.387. The number of Topliss-reactive ketones (excluding diaryl/α,β-unsaturated/α-hetero) is 1. The van der Waals surface area contributed by atoms with Gasteiger partial charge < -0.3 is 15.0 Å². The van der Waals surface area contributed by atoms with Crippen molar-refractivity contribution in [1.82, 2.24) is 4.90 Å². The van der Waals surface area contributed by atoms with Crippen molar-refractivity contribution >= 4 is 11.5 Å². The van der Waals surface area contributed by atoms with E-state index in [1.165, 1.54) is 23.3 Å². The number of likely N-dealkylation sites (tertiary alicyclic amines) is 1. The quantitative estimate of drug-likeness (QED) is 0.449. The molecule has 4 nitrogen and oxygen atoms in total. The molecule has 0 amide bonds. The summed E-state index contributed by atoms with van der Waals surface area (Å²) in [6, 6.07) is 23.4. The molecule has 5 heteroatoms. The maximum atomic E-state index is 13.1. The first kappa shape index (κ1) is 23.6. The highest BCUT2D eigenvalue weighted by Crippen LogP contribution is 2.30. The second kappa shape index (κ2) is 11.0. The van der Waals surface area contributed by atoms with E-state index in [1.54, 1.807) is 0 Å². The Balaban J connectivity index is 1.03. The van der Waals surface area contributed by atoms with Gasteiger partial charge in [0.15, 0.2) is 11.9 Å². The van der Waals surface area contributed by atoms with Gasteiger partial charge in [-0.15, -0.1) is 0 Å². The largest absolute Gasteiger partial charge is 0.479 e. The lowest BCUT2D eigenvalue weighted by molar-refractivity contribution is -0.125. The molecule has 1 unspecified atom stereocenters. The Kier molecular flexibility index (Phi) is 7.43. The van der Waals surface area contributed by atoms with Gasteiger partial charge in [0.25, 0.3) is 0 Å². The van der Waals surface area contributed by atoms with Gasteiger partial charge in [-0.05, 0) is 92.2 Å². The van der Waals surface area contributed by atoms with Crippen LogP contribution in [0, 0.1) is 5.82 Å². The topological polar surface area (TPSA) is 41.6 Å². The second-order valence-electron chi connectivity index (χ2n) is 9.71. The number of para-hydroxylation sites is 2. The van der Waals surface area contributed by atoms with Gasteiger partial charge in [-0.1, -0.05) is 48.5 Å². The molecule has 2 aliphatic rings. The number of fused-ring (bicyclic) bond motifs is 1. The molecule has 35 heavy (non-hydrogen) atoms. The number of nitrogens with zero attached hydrogens (tertiary/aromatic N) is 1. The number of hydrogen-bond donors (Lipinski definition) is 1. The number of piperidine rings is 1. The predicted molar refractivity (Wildman–Crippen MR) is 138 cm³/mol. The second-order valence-corrected chi connectivity index (χ2v) is 9.71. The van der Waals surface area contributed by atoms with Crippen molar-refractivity contribution in [2.24, 2.45) is 0 Å². The highest BCUT2D eigenvalue weighted by Gasteiger charge is 2.26. The summed E-state index contributed by atoms with van der Waals surface area (Å²) < 4.78 is 19.0. The van der Waals surface area contributed by atoms with E-state index in [9.17, 15) is 9.18 Å². The van der Waals surface area contributed by atoms with E-state index >= 15 is 0 Å². The Bertz CT molecular complexity index is 1120. The lowest BCUT2D eigenvalue weighted by Crippen LogP contribution is -2.38. The number of rotatable bonds is 8. The molecule has 1 N–H and O–H groups in total. The average molecular weight is 473 g/mol. The van der Waals surface area contributed by atoms with Gasteiger partial charge in [-0.3, -0.25) is 4.79 Å². The van der Waals surface area contributed by atoms with Crippen molar-refractivity contribution in [2.45, 2.75) is 44.1 Å². The van der Waals surface area contributed by atoms with Crippen LogP contribution in [0.1, 0.15) is 48.3 Å². The minimum absolute atomic E-state index is 0.183. The Morgan fingerprint density at radius 3 is 2.37 bits per heavy atom. The summed E-state index contributed by atoms with van der Waals surface area (Å²) in [4.78, 5) is 15.1. The monoisotopic (exact) mass is 472 g/mol. The molecular formula is C30H33FN2O2. The third-order valence-corrected chi connectivity index (χ3v) is 7.25. The summed E-state index contributed by atoms with van der Waals surface area (Å²) in [7, 11) is 0. The molecule has 0 saturated carbocycles. The van der Waals surface area contributed by atoms with Gasteiger partial charge in [-0.25, -0.2) is 4.39 Å². The van der Waals surface area contributed by atoms with E-state index < -0.39 is 0 Å². The fourth-order valence-electron chi connectivity index (χ4n) is 5.17. The Morgan fingerprint density at radius 2 is 1.63 bits per heavy atom. The van der Waals surface area contributed by atoms with E-state index in [0.29, 0.717) is 18.9 Å². The van der Waals surface area contributed by atoms with Gasteiger partial charge in [0.05, 0.1) is 12.2 Å². The van der Waals surface area contributed by atoms with Crippen molar-refractivity contribution in [3.05, 3.63) is 95.3 Å². The Morgan fingerprint density at radius 1 is 0.943 bits per heavy atom. The summed E-state index contributed by atoms with van der Waals surface area (Å²) in [6.45, 7) is 3.66. The number of carbonyl (C=O) groups is 1. The van der Waals surface area contributed by atoms with Crippen LogP contribution in [0.25, 0.3) is 0 Å². The van der Waals surface area contributed by atoms with E-state index in [1.807, 2.05) is 36.4 Å². The number of ketones is 1. The molecule has 5 rings (SSSR count). The number of carbonyl (C=O) groups excluding carboxylic acids is 1. The van der Waals surface area contributed by atoms with Crippen molar-refractivity contribution in [3.8, 4) is 5.75 Å². The fourth-order valence-corrected chi connectivity index (χ4v) is 5.17. The summed E-state index contributed by atoms with van der Waals surface area (Å²) >= 11 is 0. The summed E-state index contributed by atoms with van der Waals surface area (Å²) in [5, 5.41) is 3.30. The zero-order valence-corrected chi connectivity index (χ0v) is 20.1. The lowest BCUT2D eigenvalue weighted by atomic mass is 9.88. The van der Waals surface area contributed by atoms with Crippen LogP contribution in [0.3, 0.4) is 0 Å². The summed E-state index contributed by atoms with van der Waals surface area (Å²) in [5.41, 5.74) is 4.75. The summed E-state index contributed by atoms with van der Waals surface area (Å²) in [6.07, 6.45) is 4.18. The Hall–Kier alpha value is -3.18. The van der Waals surface area contributed by atoms with Crippen LogP contribution in [0.5, 0.6) is 5.75 Å². The molecule has 0 aromatic heterocycles. The molecule has 0 aliphatic carbocycles. The van der Waals surface area contributed by atoms with Gasteiger partial charge in [0, 0.05) is 6.42 Å². The van der Waals surface area contributed by atoms with Gasteiger partial charge in [0.1, 0.15) is 11.6 Å². The van der Waals surface area contributed by atoms with Gasteiger partial charge >= 0.3 is 0 Å². The van der Waals surface area contributed by atoms with Crippen LogP contribution in [-0.2, 0) is 11.2 Å². The number of nitrogens with one attached hydrogen (secondary N) is 1. The highest BCUT2D eigenvalue weighted by molar-refractivity contribution is 5.85. The highest BCUT2D eigenvalue weighted by atomic mass is 19.1. The van der Waals surface area contributed by atoms with E-state index in [2.05, 4.69) is 34.5 Å². The molecule has 182 valence electrons. The lowest BCUT2D eigenvalue weighted by Gasteiger charge is -2.32. The third kappa shape index (κ3) is 6.09. The first-order chi connectivity index (χ1) is 17.1. The van der Waals surface area contributed by atoms with E-state index in [0.717, 1.165) is 62.3 Å². The van der Waals surface area contributed by atoms with Gasteiger partial charge in [-0.2, -0.15) is 0 Å². The molecule has 3 aromatic carbocycles. The van der Waals surface area contributed by atoms with Crippen molar-refractivity contribution in [2.75, 3.05) is 31.5 Å². The number of hydrogen-bond acceptors (Lipinski definition) is 4. The first-order valence-electron chi connectivity index (χ1n) is 12.7. The smallest absolute Gasteiger partial charge is 0.175 e. The molecule has 1 fully saturated rings. The van der Waals surface area contributed by atoms with Crippen LogP contribution in [0.2, 0.25) is 0 Å². The van der Waals surface area contributed by atoms with Crippen LogP contribution < -0.4 is 10.1 Å². The SMILES string of the molecule is O=C(CCCN1CCC(c2ccc(Cc3ccc(F)cc3)cc2)CC1)C1CNc2ccccc2O1. The molecule has 2 heterocycles. The van der Waals surface area contributed by atoms with Crippen LogP contribution in [-0.4, -0.2) is 43.0 Å². The first-order valence-corrected chi connectivity index (χ1v) is 12.7. The molecule has 0 radical (unpaired) electrons. The molecular weight excluding hydrogens is 439 g/mol. The van der Waals surface area contributed by atoms with Crippen LogP contribution >= 0.6 is 0 Å². The van der Waals surface area contributed by atoms with Gasteiger partial charge in [0.2, 0.25) is 0 Å². The third-order valence-electron chi connectivity index (χ3n) is 7.25. The molecule has 1 saturated heterocycles. The maximum absolute atomic E-state index is 13.1. The number of halogens is 1. The average Bonchev–Trinajstić information content (AvgIpc) is 2.90. The number of ether oxygens (including phenoxy) is 1. The maximum Gasteiger partial charge on any atom is 0.175 e. The van der Waals surface area contributed by atoms with Crippen LogP contribution in [0.4, 0.5) is 10.1 Å². The summed E-state index contributed by atoms with van der Waals surface area (Å²) in [5.74, 6) is 1.35. The fraction of sp³-hybridized carbons (Fsp3) is 0.367. The van der Waals surface area contributed by atoms with Crippen molar-refractivity contribution in [3.63, 3.8) is 0 Å². The predicted octanol–water partition coefficient (Wildman–Crippen LogP) is 5.82. The molecule has 3 aromatic rings. The number of benzene rings is 3. The van der Waals surface area contributed by atoms with E-state index in [4.69, 9.17) is 4.74 Å². The minimum Gasteiger partial charge on any atom is -0.479 e. The molecule has 2 aliphatic heterocycles. The van der Waals surface area contributed by atoms with Crippen molar-refractivity contribution < 1.29 is 13.9 Å². The zero-order valence-electron chi connectivity index (χ0n) is 20.1. The van der Waals surface area contributed by atoms with Crippen LogP contribution in [0.15, 0.2) is 72.8 Å². The van der Waals surface area contributed by atoms with Crippen molar-refractivity contribution in [1.29, 1.82) is 0 Å². The zero-order chi connectivity index (χ0) is 24.0. The molecule has 1 atom stereocenters. The standard InChI is InChI=1S/C30H33FN2O2/c31-26-13-9-23(10-14-26)20-22-7-11-24(12-8-22)25-15-18-33(19-16-25)17-3-5-28(34)30-21-32-27-4-1-2-6-29(27)35-30/h1-2,4,6-14,25,30,32H,3,5,15-21H2. The Labute approximate surface area is 207 Å².